The summed E-state index contributed by atoms with van der Waals surface area (Å²) in [5.74, 6) is 0.0389. The van der Waals surface area contributed by atoms with Crippen LogP contribution in [0.2, 0.25) is 0 Å². The van der Waals surface area contributed by atoms with Crippen LogP contribution in [-0.4, -0.2) is 17.2 Å². The van der Waals surface area contributed by atoms with Crippen LogP contribution < -0.4 is 9.81 Å². The summed E-state index contributed by atoms with van der Waals surface area (Å²) in [5.41, 5.74) is 0.452. The lowest BCUT2D eigenvalue weighted by molar-refractivity contribution is 0.486. The Morgan fingerprint density at radius 3 is 2.75 bits per heavy atom. The molecule has 0 fully saturated rings. The number of hydrogen-bond acceptors (Lipinski definition) is 8. The molecule has 2 aromatic heterocycles. The Hall–Kier alpha value is -2.78. The van der Waals surface area contributed by atoms with Crippen molar-refractivity contribution in [3.8, 4) is 5.75 Å². The Morgan fingerprint density at radius 1 is 1.04 bits per heavy atom. The molecule has 0 radical (unpaired) electrons. The van der Waals surface area contributed by atoms with Gasteiger partial charge in [-0.05, 0) is 30.3 Å². The van der Waals surface area contributed by atoms with Crippen molar-refractivity contribution >= 4 is 43.8 Å². The van der Waals surface area contributed by atoms with Gasteiger partial charge in [-0.25, -0.2) is 4.79 Å². The second kappa shape index (κ2) is 5.39. The zero-order chi connectivity index (χ0) is 16.7. The topological polar surface area (TPSA) is 99.4 Å². The van der Waals surface area contributed by atoms with Crippen LogP contribution in [0.5, 0.6) is 5.75 Å². The first-order valence-corrected chi connectivity index (χ1v) is 8.86. The standard InChI is InChI=1S/C15H8N2O5S2/c18-14-7-5-9-4-6-10(8-12(9)21-14)22-24(19,20)13-3-1-2-11-15(13)17-23-16-11/h1-8H. The van der Waals surface area contributed by atoms with E-state index in [1.54, 1.807) is 24.3 Å². The van der Waals surface area contributed by atoms with E-state index in [9.17, 15) is 13.2 Å². The molecule has 4 rings (SSSR count). The molecule has 0 atom stereocenters. The first kappa shape index (κ1) is 14.8. The first-order chi connectivity index (χ1) is 11.5. The highest BCUT2D eigenvalue weighted by Crippen LogP contribution is 2.26. The second-order valence-electron chi connectivity index (χ2n) is 4.88. The summed E-state index contributed by atoms with van der Waals surface area (Å²) >= 11 is 0.923. The largest absolute Gasteiger partial charge is 0.423 e. The summed E-state index contributed by atoms with van der Waals surface area (Å²) in [5, 5.41) is 0.658. The third-order valence-electron chi connectivity index (χ3n) is 3.32. The van der Waals surface area contributed by atoms with Crippen molar-refractivity contribution in [2.24, 2.45) is 0 Å². The third-order valence-corrected chi connectivity index (χ3v) is 5.14. The summed E-state index contributed by atoms with van der Waals surface area (Å²) in [7, 11) is -4.10. The van der Waals surface area contributed by atoms with Gasteiger partial charge in [-0.2, -0.15) is 17.2 Å². The van der Waals surface area contributed by atoms with Crippen molar-refractivity contribution in [3.05, 3.63) is 59.0 Å². The molecule has 0 amide bonds. The van der Waals surface area contributed by atoms with Crippen LogP contribution in [0.4, 0.5) is 0 Å². The minimum Gasteiger partial charge on any atom is -0.423 e. The van der Waals surface area contributed by atoms with E-state index in [1.807, 2.05) is 0 Å². The lowest BCUT2D eigenvalue weighted by atomic mass is 10.2. The molecule has 0 N–H and O–H groups in total. The van der Waals surface area contributed by atoms with Crippen LogP contribution in [0, 0.1) is 0 Å². The number of fused-ring (bicyclic) bond motifs is 2. The van der Waals surface area contributed by atoms with Crippen molar-refractivity contribution in [2.75, 3.05) is 0 Å². The number of hydrogen-bond donors (Lipinski definition) is 0. The lowest BCUT2D eigenvalue weighted by Gasteiger charge is -2.07. The van der Waals surface area contributed by atoms with Crippen molar-refractivity contribution in [1.29, 1.82) is 0 Å². The van der Waals surface area contributed by atoms with Gasteiger partial charge in [-0.15, -0.1) is 0 Å². The van der Waals surface area contributed by atoms with Crippen LogP contribution in [0.3, 0.4) is 0 Å². The van der Waals surface area contributed by atoms with Crippen molar-refractivity contribution in [1.82, 2.24) is 8.75 Å². The summed E-state index contributed by atoms with van der Waals surface area (Å²) in [6.45, 7) is 0. The maximum Gasteiger partial charge on any atom is 0.341 e. The molecule has 0 spiro atoms. The number of aromatic nitrogens is 2. The van der Waals surface area contributed by atoms with Gasteiger partial charge < -0.3 is 8.60 Å². The van der Waals surface area contributed by atoms with E-state index >= 15 is 0 Å². The fraction of sp³-hybridized carbons (Fsp3) is 0. The number of benzene rings is 2. The molecule has 4 aromatic rings. The quantitative estimate of drug-likeness (QED) is 0.409. The molecule has 2 aromatic carbocycles. The molecule has 0 saturated carbocycles. The Bertz CT molecular complexity index is 1230. The molecule has 0 aliphatic carbocycles. The highest BCUT2D eigenvalue weighted by atomic mass is 32.2. The molecule has 7 nitrogen and oxygen atoms in total. The zero-order valence-corrected chi connectivity index (χ0v) is 13.5. The Morgan fingerprint density at radius 2 is 1.88 bits per heavy atom. The average molecular weight is 360 g/mol. The molecular weight excluding hydrogens is 352 g/mol. The molecule has 0 bridgehead atoms. The maximum atomic E-state index is 12.5. The van der Waals surface area contributed by atoms with Crippen LogP contribution in [0.25, 0.3) is 22.0 Å². The normalized spacial score (nSPS) is 11.8. The van der Waals surface area contributed by atoms with Gasteiger partial charge >= 0.3 is 15.7 Å². The molecule has 9 heteroatoms. The van der Waals surface area contributed by atoms with Gasteiger partial charge in [0.25, 0.3) is 0 Å². The fourth-order valence-corrected chi connectivity index (χ4v) is 3.93. The van der Waals surface area contributed by atoms with E-state index in [-0.39, 0.29) is 21.7 Å². The van der Waals surface area contributed by atoms with E-state index in [1.165, 1.54) is 24.3 Å². The highest BCUT2D eigenvalue weighted by molar-refractivity contribution is 7.87. The molecule has 0 saturated heterocycles. The van der Waals surface area contributed by atoms with Gasteiger partial charge in [0.15, 0.2) is 0 Å². The fourth-order valence-electron chi connectivity index (χ4n) is 2.25. The predicted octanol–water partition coefficient (Wildman–Crippen LogP) is 2.57. The van der Waals surface area contributed by atoms with Crippen molar-refractivity contribution < 1.29 is 17.0 Å². The molecule has 0 aliphatic rings. The van der Waals surface area contributed by atoms with Crippen LogP contribution in [-0.2, 0) is 10.1 Å². The molecule has 120 valence electrons. The third kappa shape index (κ3) is 2.53. The zero-order valence-electron chi connectivity index (χ0n) is 11.9. The van der Waals surface area contributed by atoms with E-state index in [4.69, 9.17) is 8.60 Å². The van der Waals surface area contributed by atoms with E-state index in [0.29, 0.717) is 10.9 Å². The van der Waals surface area contributed by atoms with Gasteiger partial charge in [0.2, 0.25) is 0 Å². The minimum absolute atomic E-state index is 0.0389. The van der Waals surface area contributed by atoms with Crippen molar-refractivity contribution in [3.63, 3.8) is 0 Å². The van der Waals surface area contributed by atoms with Gasteiger partial charge in [0.1, 0.15) is 27.3 Å². The van der Waals surface area contributed by atoms with E-state index in [2.05, 4.69) is 8.75 Å². The number of nitrogens with zero attached hydrogens (tertiary/aromatic N) is 2. The minimum atomic E-state index is -4.10. The summed E-state index contributed by atoms with van der Waals surface area (Å²) in [6.07, 6.45) is 0. The van der Waals surface area contributed by atoms with Gasteiger partial charge in [0, 0.05) is 17.5 Å². The van der Waals surface area contributed by atoms with E-state index < -0.39 is 15.7 Å². The molecule has 0 unspecified atom stereocenters. The monoisotopic (exact) mass is 360 g/mol. The van der Waals surface area contributed by atoms with Gasteiger partial charge in [-0.1, -0.05) is 6.07 Å². The lowest BCUT2D eigenvalue weighted by Crippen LogP contribution is -2.10. The Labute approximate surface area is 139 Å². The molecule has 24 heavy (non-hydrogen) atoms. The second-order valence-corrected chi connectivity index (χ2v) is 6.92. The predicted molar refractivity (Wildman–Crippen MR) is 87.7 cm³/mol. The van der Waals surface area contributed by atoms with Crippen molar-refractivity contribution in [2.45, 2.75) is 4.90 Å². The van der Waals surface area contributed by atoms with E-state index in [0.717, 1.165) is 11.7 Å². The molecular formula is C15H8N2O5S2. The summed E-state index contributed by atoms with van der Waals surface area (Å²) in [6, 6.07) is 12.0. The van der Waals surface area contributed by atoms with Crippen LogP contribution in [0.15, 0.2) is 62.6 Å². The Kier molecular flexibility index (Phi) is 3.32. The maximum absolute atomic E-state index is 12.5. The van der Waals surface area contributed by atoms with Crippen LogP contribution in [0.1, 0.15) is 0 Å². The smallest absolute Gasteiger partial charge is 0.341 e. The summed E-state index contributed by atoms with van der Waals surface area (Å²) in [4.78, 5) is 11.2. The summed E-state index contributed by atoms with van der Waals surface area (Å²) < 4.78 is 43.3. The van der Waals surface area contributed by atoms with Gasteiger partial charge in [-0.3, -0.25) is 0 Å². The first-order valence-electron chi connectivity index (χ1n) is 6.73. The number of rotatable bonds is 3. The Balaban J connectivity index is 1.79. The van der Waals surface area contributed by atoms with Gasteiger partial charge in [0.05, 0.1) is 11.7 Å². The molecule has 0 aliphatic heterocycles. The average Bonchev–Trinajstić information content (AvgIpc) is 3.02. The van der Waals surface area contributed by atoms with Crippen LogP contribution >= 0.6 is 11.7 Å². The molecule has 2 heterocycles. The highest BCUT2D eigenvalue weighted by Gasteiger charge is 2.22. The SMILES string of the molecule is O=c1ccc2ccc(OS(=O)(=O)c3cccc4nsnc34)cc2o1.